The zero-order valence-corrected chi connectivity index (χ0v) is 9.71. The molecule has 0 aliphatic rings. The SMILES string of the molecule is CNS(=O)(=O)c1cc(N)ccc1NCCO. The third kappa shape index (κ3) is 2.84. The van der Waals surface area contributed by atoms with E-state index in [2.05, 4.69) is 10.0 Å². The second-order valence-electron chi connectivity index (χ2n) is 3.11. The molecular weight excluding hydrogens is 230 g/mol. The summed E-state index contributed by atoms with van der Waals surface area (Å²) in [5.41, 5.74) is 6.32. The van der Waals surface area contributed by atoms with E-state index in [0.717, 1.165) is 0 Å². The molecule has 0 atom stereocenters. The van der Waals surface area contributed by atoms with Crippen LogP contribution < -0.4 is 15.8 Å². The lowest BCUT2D eigenvalue weighted by Crippen LogP contribution is -2.21. The predicted octanol–water partition coefficient (Wildman–Crippen LogP) is -0.419. The van der Waals surface area contributed by atoms with Crippen LogP contribution in [0, 0.1) is 0 Å². The normalized spacial score (nSPS) is 11.4. The Bertz CT molecular complexity index is 459. The fraction of sp³-hybridized carbons (Fsp3) is 0.333. The Labute approximate surface area is 94.5 Å². The lowest BCUT2D eigenvalue weighted by atomic mass is 10.3. The monoisotopic (exact) mass is 245 g/mol. The highest BCUT2D eigenvalue weighted by Gasteiger charge is 2.16. The summed E-state index contributed by atoms with van der Waals surface area (Å²) < 4.78 is 25.6. The van der Waals surface area contributed by atoms with Gasteiger partial charge < -0.3 is 16.2 Å². The van der Waals surface area contributed by atoms with Crippen LogP contribution in [0.1, 0.15) is 0 Å². The summed E-state index contributed by atoms with van der Waals surface area (Å²) in [6.07, 6.45) is 0. The van der Waals surface area contributed by atoms with Crippen molar-refractivity contribution in [3.05, 3.63) is 18.2 Å². The number of aliphatic hydroxyl groups excluding tert-OH is 1. The smallest absolute Gasteiger partial charge is 0.242 e. The van der Waals surface area contributed by atoms with Gasteiger partial charge in [0.1, 0.15) is 4.90 Å². The second-order valence-corrected chi connectivity index (χ2v) is 4.97. The highest BCUT2D eigenvalue weighted by Crippen LogP contribution is 2.23. The van der Waals surface area contributed by atoms with Crippen molar-refractivity contribution in [1.29, 1.82) is 0 Å². The Hall–Kier alpha value is -1.31. The van der Waals surface area contributed by atoms with Gasteiger partial charge in [-0.25, -0.2) is 13.1 Å². The van der Waals surface area contributed by atoms with Crippen LogP contribution in [0.25, 0.3) is 0 Å². The number of nitrogen functional groups attached to an aromatic ring is 1. The highest BCUT2D eigenvalue weighted by molar-refractivity contribution is 7.89. The molecule has 1 aromatic rings. The van der Waals surface area contributed by atoms with E-state index in [1.54, 1.807) is 12.1 Å². The Balaban J connectivity index is 3.18. The number of hydrogen-bond donors (Lipinski definition) is 4. The Kier molecular flexibility index (Phi) is 4.11. The lowest BCUT2D eigenvalue weighted by molar-refractivity contribution is 0.311. The van der Waals surface area contributed by atoms with Crippen LogP contribution in [0.2, 0.25) is 0 Å². The zero-order chi connectivity index (χ0) is 12.2. The number of nitrogens with two attached hydrogens (primary N) is 1. The van der Waals surface area contributed by atoms with Crippen molar-refractivity contribution in [1.82, 2.24) is 4.72 Å². The second kappa shape index (κ2) is 5.15. The van der Waals surface area contributed by atoms with Crippen molar-refractivity contribution in [3.63, 3.8) is 0 Å². The van der Waals surface area contributed by atoms with Gasteiger partial charge in [0.2, 0.25) is 10.0 Å². The van der Waals surface area contributed by atoms with E-state index < -0.39 is 10.0 Å². The van der Waals surface area contributed by atoms with Gasteiger partial charge in [0.15, 0.2) is 0 Å². The van der Waals surface area contributed by atoms with E-state index in [1.807, 2.05) is 0 Å². The number of nitrogens with one attached hydrogen (secondary N) is 2. The van der Waals surface area contributed by atoms with Crippen molar-refractivity contribution < 1.29 is 13.5 Å². The van der Waals surface area contributed by atoms with E-state index in [4.69, 9.17) is 10.8 Å². The fourth-order valence-electron chi connectivity index (χ4n) is 1.21. The van der Waals surface area contributed by atoms with Gasteiger partial charge in [-0.2, -0.15) is 0 Å². The number of hydrogen-bond acceptors (Lipinski definition) is 5. The number of benzene rings is 1. The molecule has 16 heavy (non-hydrogen) atoms. The van der Waals surface area contributed by atoms with Crippen molar-refractivity contribution in [2.45, 2.75) is 4.90 Å². The topological polar surface area (TPSA) is 104 Å². The van der Waals surface area contributed by atoms with Crippen molar-refractivity contribution >= 4 is 21.4 Å². The summed E-state index contributed by atoms with van der Waals surface area (Å²) in [5, 5.41) is 11.5. The van der Waals surface area contributed by atoms with Crippen LogP contribution in [0.5, 0.6) is 0 Å². The first-order valence-electron chi connectivity index (χ1n) is 4.69. The van der Waals surface area contributed by atoms with Crippen LogP contribution in [0.3, 0.4) is 0 Å². The van der Waals surface area contributed by atoms with Gasteiger partial charge in [-0.1, -0.05) is 0 Å². The van der Waals surface area contributed by atoms with E-state index in [0.29, 0.717) is 11.4 Å². The van der Waals surface area contributed by atoms with Crippen molar-refractivity contribution in [2.75, 3.05) is 31.2 Å². The number of rotatable bonds is 5. The van der Waals surface area contributed by atoms with Crippen LogP contribution in [0.15, 0.2) is 23.1 Å². The summed E-state index contributed by atoms with van der Waals surface area (Å²) in [5.74, 6) is 0. The molecule has 0 saturated carbocycles. The molecule has 0 aromatic heterocycles. The molecule has 0 aliphatic heterocycles. The van der Waals surface area contributed by atoms with Gasteiger partial charge in [0.25, 0.3) is 0 Å². The Morgan fingerprint density at radius 3 is 2.69 bits per heavy atom. The minimum atomic E-state index is -3.56. The molecule has 0 bridgehead atoms. The highest BCUT2D eigenvalue weighted by atomic mass is 32.2. The molecule has 6 nitrogen and oxygen atoms in total. The molecule has 0 heterocycles. The number of aliphatic hydroxyl groups is 1. The first kappa shape index (κ1) is 12.8. The lowest BCUT2D eigenvalue weighted by Gasteiger charge is -2.11. The minimum Gasteiger partial charge on any atom is -0.399 e. The molecular formula is C9H15N3O3S. The average molecular weight is 245 g/mol. The van der Waals surface area contributed by atoms with Gasteiger partial charge in [-0.05, 0) is 25.2 Å². The van der Waals surface area contributed by atoms with Gasteiger partial charge in [-0.15, -0.1) is 0 Å². The van der Waals surface area contributed by atoms with Crippen molar-refractivity contribution in [3.8, 4) is 0 Å². The maximum absolute atomic E-state index is 11.7. The Morgan fingerprint density at radius 2 is 2.12 bits per heavy atom. The first-order valence-corrected chi connectivity index (χ1v) is 6.17. The summed E-state index contributed by atoms with van der Waals surface area (Å²) in [7, 11) is -2.23. The standard InChI is InChI=1S/C9H15N3O3S/c1-11-16(14,15)9-6-7(10)2-3-8(9)12-4-5-13/h2-3,6,11-13H,4-5,10H2,1H3. The van der Waals surface area contributed by atoms with Crippen LogP contribution in [-0.4, -0.2) is 33.7 Å². The summed E-state index contributed by atoms with van der Waals surface area (Å²) in [6.45, 7) is 0.194. The first-order chi connectivity index (χ1) is 7.51. The molecule has 5 N–H and O–H groups in total. The molecule has 0 spiro atoms. The van der Waals surface area contributed by atoms with E-state index in [-0.39, 0.29) is 18.0 Å². The molecule has 0 unspecified atom stereocenters. The maximum Gasteiger partial charge on any atom is 0.242 e. The zero-order valence-electron chi connectivity index (χ0n) is 8.90. The molecule has 0 radical (unpaired) electrons. The molecule has 1 rings (SSSR count). The molecule has 0 aliphatic carbocycles. The van der Waals surface area contributed by atoms with E-state index >= 15 is 0 Å². The molecule has 0 fully saturated rings. The quantitative estimate of drug-likeness (QED) is 0.527. The fourth-order valence-corrected chi connectivity index (χ4v) is 2.15. The third-order valence-electron chi connectivity index (χ3n) is 1.99. The van der Waals surface area contributed by atoms with E-state index in [9.17, 15) is 8.42 Å². The largest absolute Gasteiger partial charge is 0.399 e. The predicted molar refractivity (Wildman–Crippen MR) is 62.7 cm³/mol. The van der Waals surface area contributed by atoms with Crippen molar-refractivity contribution in [2.24, 2.45) is 0 Å². The molecule has 0 saturated heterocycles. The third-order valence-corrected chi connectivity index (χ3v) is 3.45. The summed E-state index contributed by atoms with van der Waals surface area (Å²) in [4.78, 5) is 0.0726. The molecule has 90 valence electrons. The van der Waals surface area contributed by atoms with Crippen LogP contribution in [0.4, 0.5) is 11.4 Å². The maximum atomic E-state index is 11.7. The average Bonchev–Trinajstić information content (AvgIpc) is 2.27. The van der Waals surface area contributed by atoms with Gasteiger partial charge in [0.05, 0.1) is 12.3 Å². The van der Waals surface area contributed by atoms with Gasteiger partial charge >= 0.3 is 0 Å². The summed E-state index contributed by atoms with van der Waals surface area (Å²) >= 11 is 0. The van der Waals surface area contributed by atoms with Crippen LogP contribution >= 0.6 is 0 Å². The minimum absolute atomic E-state index is 0.0726. The van der Waals surface area contributed by atoms with Crippen LogP contribution in [-0.2, 0) is 10.0 Å². The molecule has 1 aromatic carbocycles. The van der Waals surface area contributed by atoms with E-state index in [1.165, 1.54) is 13.1 Å². The number of anilines is 2. The number of sulfonamides is 1. The van der Waals surface area contributed by atoms with Gasteiger partial charge in [0, 0.05) is 12.2 Å². The summed E-state index contributed by atoms with van der Waals surface area (Å²) in [6, 6.07) is 4.52. The Morgan fingerprint density at radius 1 is 1.44 bits per heavy atom. The van der Waals surface area contributed by atoms with Gasteiger partial charge in [-0.3, -0.25) is 0 Å². The molecule has 7 heteroatoms. The molecule has 0 amide bonds.